The van der Waals surface area contributed by atoms with Gasteiger partial charge in [0.05, 0.1) is 6.54 Å². The molecule has 0 spiro atoms. The largest absolute Gasteiger partial charge is 0.439 e. The molecular weight excluding hydrogens is 410 g/mol. The minimum atomic E-state index is -0.548. The van der Waals surface area contributed by atoms with Crippen LogP contribution in [0.5, 0.6) is 0 Å². The summed E-state index contributed by atoms with van der Waals surface area (Å²) in [5.41, 5.74) is 3.62. The van der Waals surface area contributed by atoms with E-state index in [9.17, 15) is 13.6 Å². The number of hydrogen-bond donors (Lipinski definition) is 0. The third kappa shape index (κ3) is 4.13. The van der Waals surface area contributed by atoms with Crippen molar-refractivity contribution < 1.29 is 18.0 Å². The first-order chi connectivity index (χ1) is 15.5. The van der Waals surface area contributed by atoms with Gasteiger partial charge in [-0.15, -0.1) is 0 Å². The number of amides is 1. The van der Waals surface area contributed by atoms with Gasteiger partial charge in [0.1, 0.15) is 17.2 Å². The zero-order valence-electron chi connectivity index (χ0n) is 17.6. The number of aryl methyl sites for hydroxylation is 1. The standard InChI is InChI=1S/C26H22F2N2O2/c1-16-7-10-24-23(11-16)29-25(32-24)15-30(14-18-12-19(27)8-9-22(18)28)26(31)21-13-20(21)17-5-3-2-4-6-17/h2-12,20-21H,13-15H2,1H3/t20-,21-/m1/s1. The minimum absolute atomic E-state index is 0.0574. The van der Waals surface area contributed by atoms with Crippen LogP contribution in [0.4, 0.5) is 8.78 Å². The lowest BCUT2D eigenvalue weighted by Gasteiger charge is -2.22. The van der Waals surface area contributed by atoms with Crippen molar-refractivity contribution in [2.24, 2.45) is 5.92 Å². The molecule has 6 heteroatoms. The summed E-state index contributed by atoms with van der Waals surface area (Å²) in [6.07, 6.45) is 0.734. The average molecular weight is 432 g/mol. The second-order valence-corrected chi connectivity index (χ2v) is 8.37. The lowest BCUT2D eigenvalue weighted by molar-refractivity contribution is -0.134. The molecule has 1 fully saturated rings. The molecule has 4 nitrogen and oxygen atoms in total. The van der Waals surface area contributed by atoms with Gasteiger partial charge in [0.25, 0.3) is 0 Å². The van der Waals surface area contributed by atoms with Crippen LogP contribution >= 0.6 is 0 Å². The van der Waals surface area contributed by atoms with Gasteiger partial charge < -0.3 is 9.32 Å². The zero-order chi connectivity index (χ0) is 22.2. The van der Waals surface area contributed by atoms with Gasteiger partial charge in [0, 0.05) is 18.0 Å². The maximum absolute atomic E-state index is 14.4. The van der Waals surface area contributed by atoms with Crippen LogP contribution in [0, 0.1) is 24.5 Å². The van der Waals surface area contributed by atoms with E-state index >= 15 is 0 Å². The number of fused-ring (bicyclic) bond motifs is 1. The Balaban J connectivity index is 1.42. The molecule has 0 unspecified atom stereocenters. The van der Waals surface area contributed by atoms with Crippen LogP contribution in [0.3, 0.4) is 0 Å². The molecule has 0 N–H and O–H groups in total. The van der Waals surface area contributed by atoms with Crippen molar-refractivity contribution in [2.75, 3.05) is 0 Å². The van der Waals surface area contributed by atoms with Gasteiger partial charge in [-0.05, 0) is 60.7 Å². The fraction of sp³-hybridized carbons (Fsp3) is 0.231. The van der Waals surface area contributed by atoms with Crippen molar-refractivity contribution in [3.8, 4) is 0 Å². The van der Waals surface area contributed by atoms with E-state index in [4.69, 9.17) is 4.42 Å². The highest BCUT2D eigenvalue weighted by atomic mass is 19.1. The maximum atomic E-state index is 14.4. The molecule has 2 atom stereocenters. The van der Waals surface area contributed by atoms with Crippen LogP contribution < -0.4 is 0 Å². The highest BCUT2D eigenvalue weighted by molar-refractivity contribution is 5.83. The first-order valence-corrected chi connectivity index (χ1v) is 10.6. The zero-order valence-corrected chi connectivity index (χ0v) is 17.6. The Morgan fingerprint density at radius 1 is 1.06 bits per heavy atom. The quantitative estimate of drug-likeness (QED) is 0.390. The fourth-order valence-electron chi connectivity index (χ4n) is 4.17. The molecule has 1 amide bonds. The summed E-state index contributed by atoms with van der Waals surface area (Å²) < 4.78 is 33.9. The normalized spacial score (nSPS) is 17.5. The molecule has 32 heavy (non-hydrogen) atoms. The van der Waals surface area contributed by atoms with Crippen molar-refractivity contribution in [3.05, 3.63) is 101 Å². The number of carbonyl (C=O) groups is 1. The Kier molecular flexibility index (Phi) is 5.21. The summed E-state index contributed by atoms with van der Waals surface area (Å²) in [6, 6.07) is 18.8. The number of hydrogen-bond acceptors (Lipinski definition) is 3. The summed E-state index contributed by atoms with van der Waals surface area (Å²) in [4.78, 5) is 19.4. The van der Waals surface area contributed by atoms with Crippen LogP contribution in [0.1, 0.15) is 34.9 Å². The number of aromatic nitrogens is 1. The summed E-state index contributed by atoms with van der Waals surface area (Å²) in [5.74, 6) is -0.892. The number of carbonyl (C=O) groups excluding carboxylic acids is 1. The molecule has 1 heterocycles. The van der Waals surface area contributed by atoms with Crippen LogP contribution in [0.2, 0.25) is 0 Å². The molecule has 0 aliphatic heterocycles. The molecule has 1 aliphatic carbocycles. The summed E-state index contributed by atoms with van der Waals surface area (Å²) in [7, 11) is 0. The van der Waals surface area contributed by atoms with E-state index in [0.717, 1.165) is 35.7 Å². The molecule has 1 aromatic heterocycles. The van der Waals surface area contributed by atoms with Crippen molar-refractivity contribution >= 4 is 17.0 Å². The van der Waals surface area contributed by atoms with Gasteiger partial charge in [-0.3, -0.25) is 4.79 Å². The average Bonchev–Trinajstić information content (AvgIpc) is 3.49. The number of nitrogens with zero attached hydrogens (tertiary/aromatic N) is 2. The molecule has 1 saturated carbocycles. The number of oxazole rings is 1. The van der Waals surface area contributed by atoms with Crippen molar-refractivity contribution in [2.45, 2.75) is 32.4 Å². The Labute approximate surface area is 184 Å². The second kappa shape index (κ2) is 8.19. The Hall–Kier alpha value is -3.54. The predicted octanol–water partition coefficient (Wildman–Crippen LogP) is 5.75. The first kappa shape index (κ1) is 20.4. The van der Waals surface area contributed by atoms with E-state index in [1.165, 1.54) is 4.90 Å². The number of halogens is 2. The molecule has 5 rings (SSSR count). The fourth-order valence-corrected chi connectivity index (χ4v) is 4.17. The van der Waals surface area contributed by atoms with Gasteiger partial charge >= 0.3 is 0 Å². The maximum Gasteiger partial charge on any atom is 0.227 e. The van der Waals surface area contributed by atoms with Crippen LogP contribution in [-0.4, -0.2) is 15.8 Å². The van der Waals surface area contributed by atoms with Gasteiger partial charge in [0.15, 0.2) is 5.58 Å². The SMILES string of the molecule is Cc1ccc2oc(CN(Cc3cc(F)ccc3F)C(=O)[C@@H]3C[C@@H]3c3ccccc3)nc2c1. The van der Waals surface area contributed by atoms with Gasteiger partial charge in [-0.25, -0.2) is 13.8 Å². The summed E-state index contributed by atoms with van der Waals surface area (Å²) in [5, 5.41) is 0. The van der Waals surface area contributed by atoms with E-state index in [1.54, 1.807) is 0 Å². The number of rotatable bonds is 6. The van der Waals surface area contributed by atoms with Crippen LogP contribution in [0.25, 0.3) is 11.1 Å². The Bertz CT molecular complexity index is 1290. The molecule has 1 aliphatic rings. The van der Waals surface area contributed by atoms with E-state index in [1.807, 2.05) is 55.5 Å². The van der Waals surface area contributed by atoms with Crippen molar-refractivity contribution in [1.29, 1.82) is 0 Å². The number of benzene rings is 3. The van der Waals surface area contributed by atoms with Gasteiger partial charge in [-0.1, -0.05) is 36.4 Å². The summed E-state index contributed by atoms with van der Waals surface area (Å²) >= 11 is 0. The summed E-state index contributed by atoms with van der Waals surface area (Å²) in [6.45, 7) is 1.99. The Morgan fingerprint density at radius 3 is 2.69 bits per heavy atom. The second-order valence-electron chi connectivity index (χ2n) is 8.37. The van der Waals surface area contributed by atoms with Gasteiger partial charge in [-0.2, -0.15) is 0 Å². The Morgan fingerprint density at radius 2 is 1.88 bits per heavy atom. The molecule has 0 bridgehead atoms. The topological polar surface area (TPSA) is 46.3 Å². The molecule has 3 aromatic carbocycles. The van der Waals surface area contributed by atoms with E-state index < -0.39 is 11.6 Å². The smallest absolute Gasteiger partial charge is 0.227 e. The van der Waals surface area contributed by atoms with E-state index in [0.29, 0.717) is 17.0 Å². The highest BCUT2D eigenvalue weighted by Gasteiger charge is 2.46. The molecule has 162 valence electrons. The monoisotopic (exact) mass is 432 g/mol. The predicted molar refractivity (Wildman–Crippen MR) is 117 cm³/mol. The third-order valence-corrected chi connectivity index (χ3v) is 5.93. The van der Waals surface area contributed by atoms with Crippen LogP contribution in [0.15, 0.2) is 71.1 Å². The first-order valence-electron chi connectivity index (χ1n) is 10.6. The van der Waals surface area contributed by atoms with Crippen molar-refractivity contribution in [3.63, 3.8) is 0 Å². The molecule has 4 aromatic rings. The minimum Gasteiger partial charge on any atom is -0.439 e. The lowest BCUT2D eigenvalue weighted by atomic mass is 10.1. The van der Waals surface area contributed by atoms with Gasteiger partial charge in [0.2, 0.25) is 11.8 Å². The molecule has 0 saturated heterocycles. The van der Waals surface area contributed by atoms with E-state index in [2.05, 4.69) is 4.98 Å². The molecular formula is C26H22F2N2O2. The van der Waals surface area contributed by atoms with Crippen LogP contribution in [-0.2, 0) is 17.9 Å². The van der Waals surface area contributed by atoms with Crippen molar-refractivity contribution in [1.82, 2.24) is 9.88 Å². The highest BCUT2D eigenvalue weighted by Crippen LogP contribution is 2.48. The lowest BCUT2D eigenvalue weighted by Crippen LogP contribution is -2.32. The van der Waals surface area contributed by atoms with E-state index in [-0.39, 0.29) is 36.4 Å². The molecule has 0 radical (unpaired) electrons. The third-order valence-electron chi connectivity index (χ3n) is 5.93.